The minimum atomic E-state index is 0. The fraction of sp³-hybridized carbons (Fsp3) is 0.286. The maximum atomic E-state index is 6.27. The normalized spacial score (nSPS) is 17.8. The third-order valence-electron chi connectivity index (χ3n) is 3.18. The molecule has 6 heteroatoms. The van der Waals surface area contributed by atoms with Gasteiger partial charge in [-0.1, -0.05) is 17.7 Å². The second kappa shape index (κ2) is 7.14. The first-order valence-electron chi connectivity index (χ1n) is 6.13. The Morgan fingerprint density at radius 3 is 3.05 bits per heavy atom. The largest absolute Gasteiger partial charge is 0.484 e. The van der Waals surface area contributed by atoms with Crippen LogP contribution in [0.1, 0.15) is 23.0 Å². The molecule has 0 spiro atoms. The highest BCUT2D eigenvalue weighted by Gasteiger charge is 2.22. The molecule has 0 amide bonds. The number of benzene rings is 1. The van der Waals surface area contributed by atoms with E-state index in [0.29, 0.717) is 5.02 Å². The third kappa shape index (κ3) is 3.31. The van der Waals surface area contributed by atoms with Crippen LogP contribution in [-0.4, -0.2) is 6.54 Å². The van der Waals surface area contributed by atoms with Gasteiger partial charge in [0.2, 0.25) is 0 Å². The van der Waals surface area contributed by atoms with Gasteiger partial charge in [-0.2, -0.15) is 0 Å². The van der Waals surface area contributed by atoms with E-state index in [2.05, 4.69) is 32.7 Å². The summed E-state index contributed by atoms with van der Waals surface area (Å²) in [4.78, 5) is 1.36. The molecule has 0 radical (unpaired) electrons. The van der Waals surface area contributed by atoms with E-state index in [4.69, 9.17) is 16.3 Å². The summed E-state index contributed by atoms with van der Waals surface area (Å²) in [6.07, 6.45) is 1.02. The SMILES string of the molecule is Cl.Clc1c(Br)cccc1OC1CCNCc2sccc21. The monoisotopic (exact) mass is 393 g/mol. The molecular formula is C14H14BrCl2NOS. The van der Waals surface area contributed by atoms with E-state index >= 15 is 0 Å². The van der Waals surface area contributed by atoms with Crippen molar-refractivity contribution in [3.63, 3.8) is 0 Å². The molecule has 2 nitrogen and oxygen atoms in total. The summed E-state index contributed by atoms with van der Waals surface area (Å²) in [5, 5.41) is 6.18. The lowest BCUT2D eigenvalue weighted by Crippen LogP contribution is -2.14. The van der Waals surface area contributed by atoms with Crippen molar-refractivity contribution in [2.24, 2.45) is 0 Å². The standard InChI is InChI=1S/C14H13BrClNOS.ClH/c15-10-2-1-3-12(14(10)16)18-11-4-6-17-8-13-9(11)5-7-19-13;/h1-3,5,7,11,17H,4,6,8H2;1H. The van der Waals surface area contributed by atoms with Crippen LogP contribution in [-0.2, 0) is 6.54 Å². The zero-order valence-corrected chi connectivity index (χ0v) is 14.5. The molecule has 0 saturated heterocycles. The van der Waals surface area contributed by atoms with Gasteiger partial charge in [-0.15, -0.1) is 23.7 Å². The van der Waals surface area contributed by atoms with Crippen molar-refractivity contribution >= 4 is 51.3 Å². The molecule has 108 valence electrons. The molecule has 2 aromatic rings. The predicted molar refractivity (Wildman–Crippen MR) is 90.4 cm³/mol. The highest BCUT2D eigenvalue weighted by atomic mass is 79.9. The van der Waals surface area contributed by atoms with Crippen LogP contribution >= 0.6 is 51.3 Å². The highest BCUT2D eigenvalue weighted by molar-refractivity contribution is 9.10. The van der Waals surface area contributed by atoms with Gasteiger partial charge < -0.3 is 10.1 Å². The Balaban J connectivity index is 0.00000147. The van der Waals surface area contributed by atoms with Crippen LogP contribution in [0.2, 0.25) is 5.02 Å². The number of nitrogens with one attached hydrogen (secondary N) is 1. The van der Waals surface area contributed by atoms with Crippen LogP contribution in [0.5, 0.6) is 5.75 Å². The second-order valence-corrected chi connectivity index (χ2v) is 6.66. The molecule has 1 atom stereocenters. The topological polar surface area (TPSA) is 21.3 Å². The van der Waals surface area contributed by atoms with E-state index < -0.39 is 0 Å². The zero-order valence-electron chi connectivity index (χ0n) is 10.6. The predicted octanol–water partition coefficient (Wildman–Crippen LogP) is 5.20. The van der Waals surface area contributed by atoms with Crippen LogP contribution in [0.25, 0.3) is 0 Å². The van der Waals surface area contributed by atoms with Crippen molar-refractivity contribution in [1.82, 2.24) is 5.32 Å². The van der Waals surface area contributed by atoms with E-state index in [0.717, 1.165) is 29.7 Å². The minimum Gasteiger partial charge on any atom is -0.484 e. The van der Waals surface area contributed by atoms with Gasteiger partial charge in [0.05, 0.1) is 5.02 Å². The molecule has 1 aliphatic rings. The van der Waals surface area contributed by atoms with Crippen molar-refractivity contribution in [2.45, 2.75) is 19.1 Å². The Labute approximate surface area is 142 Å². The van der Waals surface area contributed by atoms with Gasteiger partial charge in [0.15, 0.2) is 0 Å². The maximum Gasteiger partial charge on any atom is 0.139 e. The van der Waals surface area contributed by atoms with Gasteiger partial charge in [0.1, 0.15) is 11.9 Å². The Morgan fingerprint density at radius 2 is 2.20 bits per heavy atom. The molecule has 0 bridgehead atoms. The first kappa shape index (κ1) is 16.1. The molecule has 2 heterocycles. The van der Waals surface area contributed by atoms with Crippen LogP contribution in [0, 0.1) is 0 Å². The van der Waals surface area contributed by atoms with Crippen LogP contribution in [0.3, 0.4) is 0 Å². The fourth-order valence-electron chi connectivity index (χ4n) is 2.22. The Kier molecular flexibility index (Phi) is 5.75. The van der Waals surface area contributed by atoms with E-state index in [1.165, 1.54) is 10.4 Å². The van der Waals surface area contributed by atoms with Crippen molar-refractivity contribution in [2.75, 3.05) is 6.54 Å². The smallest absolute Gasteiger partial charge is 0.139 e. The maximum absolute atomic E-state index is 6.27. The lowest BCUT2D eigenvalue weighted by Gasteiger charge is -2.18. The van der Waals surface area contributed by atoms with E-state index in [1.807, 2.05) is 18.2 Å². The molecule has 1 aromatic carbocycles. The fourth-order valence-corrected chi connectivity index (χ4v) is 3.64. The summed E-state index contributed by atoms with van der Waals surface area (Å²) < 4.78 is 7.00. The number of hydrogen-bond acceptors (Lipinski definition) is 3. The zero-order chi connectivity index (χ0) is 13.2. The Bertz CT molecular complexity index is 590. The van der Waals surface area contributed by atoms with Crippen molar-refractivity contribution in [1.29, 1.82) is 0 Å². The van der Waals surface area contributed by atoms with E-state index in [9.17, 15) is 0 Å². The van der Waals surface area contributed by atoms with E-state index in [-0.39, 0.29) is 18.5 Å². The van der Waals surface area contributed by atoms with Crippen LogP contribution < -0.4 is 10.1 Å². The van der Waals surface area contributed by atoms with Crippen molar-refractivity contribution in [3.05, 3.63) is 49.6 Å². The molecule has 0 saturated carbocycles. The molecular weight excluding hydrogens is 381 g/mol. The minimum absolute atomic E-state index is 0. The van der Waals surface area contributed by atoms with Crippen LogP contribution in [0.4, 0.5) is 0 Å². The molecule has 0 aliphatic carbocycles. The third-order valence-corrected chi connectivity index (χ3v) is 5.40. The van der Waals surface area contributed by atoms with E-state index in [1.54, 1.807) is 11.3 Å². The first-order chi connectivity index (χ1) is 9.25. The molecule has 1 unspecified atom stereocenters. The lowest BCUT2D eigenvalue weighted by atomic mass is 10.1. The van der Waals surface area contributed by atoms with Crippen LogP contribution in [0.15, 0.2) is 34.1 Å². The summed E-state index contributed by atoms with van der Waals surface area (Å²) in [6, 6.07) is 7.93. The van der Waals surface area contributed by atoms with Gasteiger partial charge >= 0.3 is 0 Å². The van der Waals surface area contributed by atoms with Gasteiger partial charge in [-0.3, -0.25) is 0 Å². The Morgan fingerprint density at radius 1 is 1.35 bits per heavy atom. The number of rotatable bonds is 2. The average molecular weight is 395 g/mol. The molecule has 3 rings (SSSR count). The number of fused-ring (bicyclic) bond motifs is 1. The van der Waals surface area contributed by atoms with Crippen molar-refractivity contribution in [3.8, 4) is 5.75 Å². The summed E-state index contributed by atoms with van der Waals surface area (Å²) in [5.74, 6) is 0.736. The molecule has 1 N–H and O–H groups in total. The highest BCUT2D eigenvalue weighted by Crippen LogP contribution is 2.37. The Hall–Kier alpha value is -0.260. The molecule has 1 aromatic heterocycles. The summed E-state index contributed by atoms with van der Waals surface area (Å²) >= 11 is 11.5. The first-order valence-corrected chi connectivity index (χ1v) is 8.18. The van der Waals surface area contributed by atoms with Gasteiger partial charge in [-0.05, 0) is 46.1 Å². The number of thiophene rings is 1. The lowest BCUT2D eigenvalue weighted by molar-refractivity contribution is 0.198. The van der Waals surface area contributed by atoms with Gasteiger partial charge in [0, 0.05) is 27.9 Å². The summed E-state index contributed by atoms with van der Waals surface area (Å²) in [7, 11) is 0. The van der Waals surface area contributed by atoms with Gasteiger partial charge in [-0.25, -0.2) is 0 Å². The quantitative estimate of drug-likeness (QED) is 0.755. The summed E-state index contributed by atoms with van der Waals surface area (Å²) in [6.45, 7) is 1.89. The van der Waals surface area contributed by atoms with Crippen molar-refractivity contribution < 1.29 is 4.74 Å². The van der Waals surface area contributed by atoms with Gasteiger partial charge in [0.25, 0.3) is 0 Å². The summed E-state index contributed by atoms with van der Waals surface area (Å²) in [5.41, 5.74) is 1.28. The number of halogens is 3. The number of hydrogen-bond donors (Lipinski definition) is 1. The number of ether oxygens (including phenoxy) is 1. The molecule has 1 aliphatic heterocycles. The average Bonchev–Trinajstić information content (AvgIpc) is 2.79. The molecule has 0 fully saturated rings. The second-order valence-electron chi connectivity index (χ2n) is 4.42. The molecule has 20 heavy (non-hydrogen) atoms.